The Morgan fingerprint density at radius 3 is 1.91 bits per heavy atom. The molecule has 1 aromatic rings. The average Bonchev–Trinajstić information content (AvgIpc) is 2.91. The highest BCUT2D eigenvalue weighted by Crippen LogP contribution is 2.51. The monoisotopic (exact) mass is 675 g/mol. The number of nitrogens with zero attached hydrogens (tertiary/aromatic N) is 1. The minimum atomic E-state index is -5.03. The van der Waals surface area contributed by atoms with E-state index in [0.717, 1.165) is 26.3 Å². The molecule has 1 heterocycles. The van der Waals surface area contributed by atoms with Gasteiger partial charge in [-0.1, -0.05) is 0 Å². The zero-order valence-electron chi connectivity index (χ0n) is 25.7. The second-order valence-electron chi connectivity index (χ2n) is 9.92. The number of aromatic nitrogens is 2. The molecule has 1 unspecified atom stereocenters. The molecule has 0 aliphatic heterocycles. The van der Waals surface area contributed by atoms with E-state index in [9.17, 15) is 38.0 Å². The molecular weight excluding hydrogens is 636 g/mol. The SMILES string of the molecule is CO[C@](CF)(COP(=O)(OCOC(=O)OC(C)C)OCOC(=O)OC(C)C)[C@@H](OC(=O)C(C)N)[C@@](C)(O)n1ccc(=O)[nH]c1=O. The van der Waals surface area contributed by atoms with Gasteiger partial charge < -0.3 is 39.3 Å². The van der Waals surface area contributed by atoms with Crippen LogP contribution in [0.5, 0.6) is 0 Å². The fraction of sp³-hybridized carbons (Fsp3) is 0.708. The molecule has 0 radical (unpaired) electrons. The molecule has 258 valence electrons. The Bertz CT molecular complexity index is 1260. The van der Waals surface area contributed by atoms with E-state index in [1.165, 1.54) is 34.6 Å². The standard InChI is InChI=1S/C24H39FN3O16P/c1-14(2)42-21(32)37-12-40-45(35,41-13-38-22(33)43-15(3)4)39-11-24(10-25,36-7)19(44-18(30)16(5)26)23(6,34)28-9-8-17(29)27-20(28)31/h8-9,14-16,19,34H,10-13,26H2,1-7H3,(H,27,29,31)/t16?,19-,23+,24+/m0/s1. The Hall–Kier alpha value is -3.39. The zero-order valence-corrected chi connectivity index (χ0v) is 26.6. The fourth-order valence-corrected chi connectivity index (χ4v) is 4.24. The maximum absolute atomic E-state index is 14.9. The maximum atomic E-state index is 14.9. The van der Waals surface area contributed by atoms with Crippen molar-refractivity contribution in [1.29, 1.82) is 0 Å². The third kappa shape index (κ3) is 12.1. The van der Waals surface area contributed by atoms with Crippen molar-refractivity contribution in [3.05, 3.63) is 33.1 Å². The number of H-pyrrole nitrogens is 1. The van der Waals surface area contributed by atoms with Crippen LogP contribution in [0, 0.1) is 0 Å². The number of phosphoric acid groups is 1. The van der Waals surface area contributed by atoms with E-state index in [-0.39, 0.29) is 0 Å². The number of phosphoric ester groups is 1. The van der Waals surface area contributed by atoms with Crippen molar-refractivity contribution in [2.75, 3.05) is 34.0 Å². The second-order valence-corrected chi connectivity index (χ2v) is 11.6. The lowest BCUT2D eigenvalue weighted by Gasteiger charge is -2.44. The van der Waals surface area contributed by atoms with E-state index < -0.39 is 99.9 Å². The summed E-state index contributed by atoms with van der Waals surface area (Å²) in [5.74, 6) is -1.21. The summed E-state index contributed by atoms with van der Waals surface area (Å²) in [7, 11) is -4.14. The van der Waals surface area contributed by atoms with E-state index in [2.05, 4.69) is 9.47 Å². The van der Waals surface area contributed by atoms with Crippen molar-refractivity contribution in [2.45, 2.75) is 77.2 Å². The number of carbonyl (C=O) groups is 3. The topological polar surface area (TPSA) is 252 Å². The molecule has 0 amide bonds. The molecule has 0 aromatic carbocycles. The number of aromatic amines is 1. The van der Waals surface area contributed by atoms with Crippen LogP contribution in [0.1, 0.15) is 41.5 Å². The van der Waals surface area contributed by atoms with E-state index in [4.69, 9.17) is 38.3 Å². The average molecular weight is 676 g/mol. The van der Waals surface area contributed by atoms with Crippen LogP contribution in [0.2, 0.25) is 0 Å². The molecule has 0 fully saturated rings. The van der Waals surface area contributed by atoms with Gasteiger partial charge in [-0.3, -0.25) is 23.7 Å². The normalized spacial score (nSPS) is 15.8. The van der Waals surface area contributed by atoms with Gasteiger partial charge in [-0.25, -0.2) is 32.4 Å². The molecule has 0 saturated heterocycles. The smallest absolute Gasteiger partial charge is 0.453 e. The first kappa shape index (κ1) is 39.6. The first-order chi connectivity index (χ1) is 20.8. The van der Waals surface area contributed by atoms with Crippen molar-refractivity contribution >= 4 is 26.1 Å². The number of halogens is 1. The number of nitrogens with two attached hydrogens (primary N) is 1. The molecular formula is C24H39FN3O16P. The summed E-state index contributed by atoms with van der Waals surface area (Å²) in [5, 5.41) is 11.5. The maximum Gasteiger partial charge on any atom is 0.510 e. The second kappa shape index (κ2) is 17.3. The molecule has 0 aliphatic carbocycles. The number of methoxy groups -OCH3 is 1. The van der Waals surface area contributed by atoms with Gasteiger partial charge >= 0.3 is 31.8 Å². The van der Waals surface area contributed by atoms with Gasteiger partial charge in [0, 0.05) is 19.4 Å². The summed E-state index contributed by atoms with van der Waals surface area (Å²) in [4.78, 5) is 62.0. The van der Waals surface area contributed by atoms with E-state index >= 15 is 0 Å². The molecule has 0 saturated carbocycles. The molecule has 1 aromatic heterocycles. The lowest BCUT2D eigenvalue weighted by Crippen LogP contribution is -2.64. The molecule has 0 spiro atoms. The lowest BCUT2D eigenvalue weighted by atomic mass is 9.90. The summed E-state index contributed by atoms with van der Waals surface area (Å²) in [5.41, 5.74) is -1.81. The largest absolute Gasteiger partial charge is 0.510 e. The minimum absolute atomic E-state index is 0.492. The molecule has 19 nitrogen and oxygen atoms in total. The van der Waals surface area contributed by atoms with Crippen LogP contribution in [0.4, 0.5) is 14.0 Å². The first-order valence-corrected chi connectivity index (χ1v) is 14.6. The van der Waals surface area contributed by atoms with Gasteiger partial charge in [0.25, 0.3) is 5.56 Å². The number of ether oxygens (including phenoxy) is 6. The van der Waals surface area contributed by atoms with Crippen LogP contribution in [0.3, 0.4) is 0 Å². The van der Waals surface area contributed by atoms with Gasteiger partial charge in [0.2, 0.25) is 13.6 Å². The van der Waals surface area contributed by atoms with Crippen molar-refractivity contribution in [2.24, 2.45) is 5.73 Å². The Kier molecular flexibility index (Phi) is 15.3. The predicted octanol–water partition coefficient (Wildman–Crippen LogP) is 1.01. The van der Waals surface area contributed by atoms with Crippen LogP contribution >= 0.6 is 7.82 Å². The Morgan fingerprint density at radius 2 is 1.51 bits per heavy atom. The molecule has 45 heavy (non-hydrogen) atoms. The zero-order chi connectivity index (χ0) is 34.6. The van der Waals surface area contributed by atoms with Gasteiger partial charge in [-0.2, -0.15) is 0 Å². The molecule has 0 aliphatic rings. The summed E-state index contributed by atoms with van der Waals surface area (Å²) >= 11 is 0. The van der Waals surface area contributed by atoms with Gasteiger partial charge in [0.05, 0.1) is 18.8 Å². The molecule has 21 heteroatoms. The fourth-order valence-electron chi connectivity index (χ4n) is 3.28. The Labute approximate surface area is 256 Å². The number of nitrogens with one attached hydrogen (secondary N) is 1. The van der Waals surface area contributed by atoms with Gasteiger partial charge in [0.1, 0.15) is 12.7 Å². The van der Waals surface area contributed by atoms with E-state index in [1.54, 1.807) is 0 Å². The van der Waals surface area contributed by atoms with E-state index in [1.807, 2.05) is 4.98 Å². The number of hydrogen-bond donors (Lipinski definition) is 3. The van der Waals surface area contributed by atoms with Crippen LogP contribution in [-0.4, -0.2) is 96.9 Å². The Balaban J connectivity index is 3.47. The highest BCUT2D eigenvalue weighted by molar-refractivity contribution is 7.48. The van der Waals surface area contributed by atoms with Gasteiger partial charge in [0.15, 0.2) is 17.4 Å². The number of carbonyl (C=O) groups excluding carboxylic acids is 3. The first-order valence-electron chi connectivity index (χ1n) is 13.1. The van der Waals surface area contributed by atoms with Crippen LogP contribution < -0.4 is 17.0 Å². The summed E-state index contributed by atoms with van der Waals surface area (Å²) < 4.78 is 73.2. The molecule has 4 N–H and O–H groups in total. The third-order valence-corrected chi connectivity index (χ3v) is 6.72. The van der Waals surface area contributed by atoms with Crippen LogP contribution in [0.25, 0.3) is 0 Å². The number of esters is 1. The van der Waals surface area contributed by atoms with Gasteiger partial charge in [-0.15, -0.1) is 0 Å². The number of aliphatic hydroxyl groups is 1. The van der Waals surface area contributed by atoms with Crippen molar-refractivity contribution in [3.63, 3.8) is 0 Å². The highest BCUT2D eigenvalue weighted by atomic mass is 31.2. The summed E-state index contributed by atoms with van der Waals surface area (Å²) in [6, 6.07) is -0.500. The Morgan fingerprint density at radius 1 is 1.00 bits per heavy atom. The highest BCUT2D eigenvalue weighted by Gasteiger charge is 2.55. The minimum Gasteiger partial charge on any atom is -0.453 e. The van der Waals surface area contributed by atoms with Crippen molar-refractivity contribution in [1.82, 2.24) is 9.55 Å². The van der Waals surface area contributed by atoms with E-state index in [0.29, 0.717) is 4.57 Å². The van der Waals surface area contributed by atoms with Crippen molar-refractivity contribution in [3.8, 4) is 0 Å². The number of hydrogen-bond acceptors (Lipinski definition) is 17. The van der Waals surface area contributed by atoms with Crippen LogP contribution in [-0.2, 0) is 57.1 Å². The third-order valence-electron chi connectivity index (χ3n) is 5.43. The van der Waals surface area contributed by atoms with Crippen molar-refractivity contribution < 1.29 is 70.4 Å². The van der Waals surface area contributed by atoms with Gasteiger partial charge in [-0.05, 0) is 41.5 Å². The summed E-state index contributed by atoms with van der Waals surface area (Å²) in [6.45, 7) is 3.01. The molecule has 4 atom stereocenters. The predicted molar refractivity (Wildman–Crippen MR) is 147 cm³/mol. The quantitative estimate of drug-likeness (QED) is 0.0849. The number of alkyl halides is 1. The van der Waals surface area contributed by atoms with Crippen LogP contribution in [0.15, 0.2) is 21.9 Å². The lowest BCUT2D eigenvalue weighted by molar-refractivity contribution is -0.242. The summed E-state index contributed by atoms with van der Waals surface area (Å²) in [6.07, 6.45) is -5.08. The molecule has 0 bridgehead atoms. The molecule has 1 rings (SSSR count). The number of rotatable bonds is 18.